The van der Waals surface area contributed by atoms with Crippen LogP contribution < -0.4 is 14.3 Å². The van der Waals surface area contributed by atoms with Crippen LogP contribution in [0, 0.1) is 17.7 Å². The number of amides is 1. The van der Waals surface area contributed by atoms with E-state index in [4.69, 9.17) is 0 Å². The van der Waals surface area contributed by atoms with Gasteiger partial charge in [-0.3, -0.25) is 13.8 Å². The van der Waals surface area contributed by atoms with E-state index in [1.807, 2.05) is 6.08 Å². The Kier molecular flexibility index (Phi) is 5.62. The average Bonchev–Trinajstić information content (AvgIpc) is 3.12. The van der Waals surface area contributed by atoms with E-state index in [1.54, 1.807) is 6.08 Å². The number of halogens is 1. The van der Waals surface area contributed by atoms with Crippen LogP contribution >= 0.6 is 0 Å². The number of carbonyl (C=O) groups is 1. The van der Waals surface area contributed by atoms with E-state index in [1.165, 1.54) is 12.1 Å². The number of phenols is 1. The van der Waals surface area contributed by atoms with Crippen LogP contribution in [0.15, 0.2) is 18.2 Å². The quantitative estimate of drug-likeness (QED) is 0.729. The highest BCUT2D eigenvalue weighted by molar-refractivity contribution is 7.85. The minimum atomic E-state index is -1.89. The molecule has 8 heteroatoms. The van der Waals surface area contributed by atoms with Gasteiger partial charge in [0.1, 0.15) is 18.0 Å². The number of rotatable bonds is 5. The molecule has 6 nitrogen and oxygen atoms in total. The van der Waals surface area contributed by atoms with Gasteiger partial charge in [0, 0.05) is 18.2 Å². The highest BCUT2D eigenvalue weighted by Gasteiger charge is 2.32. The molecule has 3 unspecified atom stereocenters. The van der Waals surface area contributed by atoms with Crippen molar-refractivity contribution in [1.29, 1.82) is 0 Å². The lowest BCUT2D eigenvalue weighted by Gasteiger charge is -2.17. The van der Waals surface area contributed by atoms with Gasteiger partial charge in [0.05, 0.1) is 0 Å². The first-order chi connectivity index (χ1) is 12.3. The summed E-state index contributed by atoms with van der Waals surface area (Å²) in [6, 6.07) is 3.31. The van der Waals surface area contributed by atoms with Gasteiger partial charge >= 0.3 is 0 Å². The molecular formula is C18H24FN3O3S. The van der Waals surface area contributed by atoms with Gasteiger partial charge in [-0.25, -0.2) is 8.60 Å². The molecule has 0 saturated carbocycles. The fourth-order valence-electron chi connectivity index (χ4n) is 3.46. The van der Waals surface area contributed by atoms with E-state index in [9.17, 15) is 18.5 Å². The number of carbonyl (C=O) groups excluding carboxylic acids is 1. The third kappa shape index (κ3) is 4.07. The van der Waals surface area contributed by atoms with Crippen molar-refractivity contribution in [3.8, 4) is 5.75 Å². The first-order valence-corrected chi connectivity index (χ1v) is 9.87. The van der Waals surface area contributed by atoms with Crippen LogP contribution in [0.4, 0.5) is 10.1 Å². The predicted molar refractivity (Wildman–Crippen MR) is 100 cm³/mol. The predicted octanol–water partition coefficient (Wildman–Crippen LogP) is 2.08. The van der Waals surface area contributed by atoms with Crippen molar-refractivity contribution in [3.63, 3.8) is 0 Å². The zero-order chi connectivity index (χ0) is 18.8. The molecule has 0 radical (unpaired) electrons. The van der Waals surface area contributed by atoms with Gasteiger partial charge in [-0.1, -0.05) is 26.0 Å². The Balaban J connectivity index is 1.76. The van der Waals surface area contributed by atoms with Gasteiger partial charge < -0.3 is 10.4 Å². The molecule has 3 atom stereocenters. The Labute approximate surface area is 155 Å². The molecule has 1 aromatic rings. The number of hydrogen-bond acceptors (Lipinski definition) is 4. The molecule has 2 fully saturated rings. The molecule has 142 valence electrons. The maximum atomic E-state index is 14.9. The minimum Gasteiger partial charge on any atom is -0.506 e. The molecule has 1 aromatic carbocycles. The van der Waals surface area contributed by atoms with Crippen LogP contribution in [0.2, 0.25) is 0 Å². The summed E-state index contributed by atoms with van der Waals surface area (Å²) in [5.74, 6) is -0.555. The number of phenolic OH excluding ortho intramolecular Hbond substituents is 1. The molecule has 0 aliphatic carbocycles. The summed E-state index contributed by atoms with van der Waals surface area (Å²) < 4.78 is 30.0. The second-order valence-electron chi connectivity index (χ2n) is 7.24. The second kappa shape index (κ2) is 7.75. The van der Waals surface area contributed by atoms with Gasteiger partial charge in [0.15, 0.2) is 5.82 Å². The molecule has 2 aliphatic heterocycles. The molecule has 26 heavy (non-hydrogen) atoms. The standard InChI is InChI=1S/C18H24FN3O3S/c1-11(2)7-14-8-12(9-20-14)3-4-13-5-6-15(23)18(17(13)19)22-10-16(24)21-26(22)25/h3-6,11-12,14,20,23H,7-10H2,1-2H3,(H,21,24)/b4-3+. The number of aromatic hydroxyl groups is 1. The minimum absolute atomic E-state index is 0.217. The smallest absolute Gasteiger partial charge is 0.253 e. The van der Waals surface area contributed by atoms with Crippen LogP contribution in [0.5, 0.6) is 5.75 Å². The SMILES string of the molecule is CC(C)CC1CC(/C=C/c2ccc(O)c(N3CC(=O)NS3=O)c2F)CN1. The molecule has 3 N–H and O–H groups in total. The second-order valence-corrected chi connectivity index (χ2v) is 8.38. The molecule has 2 aliphatic rings. The molecule has 0 bridgehead atoms. The fraction of sp³-hybridized carbons (Fsp3) is 0.500. The van der Waals surface area contributed by atoms with E-state index >= 15 is 0 Å². The Morgan fingerprint density at radius 1 is 1.46 bits per heavy atom. The molecule has 2 saturated heterocycles. The number of nitrogens with zero attached hydrogens (tertiary/aromatic N) is 1. The van der Waals surface area contributed by atoms with Crippen molar-refractivity contribution in [1.82, 2.24) is 10.0 Å². The first kappa shape index (κ1) is 18.8. The zero-order valence-corrected chi connectivity index (χ0v) is 15.7. The number of anilines is 1. The maximum Gasteiger partial charge on any atom is 0.253 e. The maximum absolute atomic E-state index is 14.9. The van der Waals surface area contributed by atoms with Crippen molar-refractivity contribution in [2.24, 2.45) is 11.8 Å². The summed E-state index contributed by atoms with van der Waals surface area (Å²) in [4.78, 5) is 11.4. The summed E-state index contributed by atoms with van der Waals surface area (Å²) in [6.07, 6.45) is 5.78. The Morgan fingerprint density at radius 2 is 2.23 bits per heavy atom. The number of nitrogens with one attached hydrogen (secondary N) is 2. The lowest BCUT2D eigenvalue weighted by atomic mass is 9.97. The highest BCUT2D eigenvalue weighted by Crippen LogP contribution is 2.35. The topological polar surface area (TPSA) is 81.7 Å². The third-order valence-electron chi connectivity index (χ3n) is 4.62. The molecular weight excluding hydrogens is 357 g/mol. The van der Waals surface area contributed by atoms with Crippen LogP contribution in [-0.2, 0) is 16.0 Å². The van der Waals surface area contributed by atoms with Crippen LogP contribution in [0.3, 0.4) is 0 Å². The van der Waals surface area contributed by atoms with Gasteiger partial charge in [0.25, 0.3) is 5.91 Å². The van der Waals surface area contributed by atoms with Crippen molar-refractivity contribution in [2.75, 3.05) is 17.4 Å². The third-order valence-corrected chi connectivity index (χ3v) is 5.74. The molecule has 0 aromatic heterocycles. The van der Waals surface area contributed by atoms with Gasteiger partial charge in [-0.2, -0.15) is 0 Å². The summed E-state index contributed by atoms with van der Waals surface area (Å²) in [7, 11) is 0. The highest BCUT2D eigenvalue weighted by atomic mass is 32.2. The largest absolute Gasteiger partial charge is 0.506 e. The normalized spacial score (nSPS) is 26.2. The first-order valence-electron chi connectivity index (χ1n) is 8.77. The van der Waals surface area contributed by atoms with Crippen LogP contribution in [0.1, 0.15) is 32.3 Å². The zero-order valence-electron chi connectivity index (χ0n) is 14.9. The van der Waals surface area contributed by atoms with Gasteiger partial charge in [-0.15, -0.1) is 0 Å². The van der Waals surface area contributed by atoms with E-state index in [0.29, 0.717) is 23.4 Å². The lowest BCUT2D eigenvalue weighted by Crippen LogP contribution is -2.23. The Bertz CT molecular complexity index is 753. The van der Waals surface area contributed by atoms with Gasteiger partial charge in [0.2, 0.25) is 11.2 Å². The van der Waals surface area contributed by atoms with Crippen molar-refractivity contribution < 1.29 is 18.5 Å². The fourth-order valence-corrected chi connectivity index (χ4v) is 4.40. The average molecular weight is 381 g/mol. The molecule has 1 amide bonds. The van der Waals surface area contributed by atoms with E-state index in [-0.39, 0.29) is 18.0 Å². The van der Waals surface area contributed by atoms with E-state index in [2.05, 4.69) is 23.9 Å². The summed E-state index contributed by atoms with van der Waals surface area (Å²) >= 11 is -1.89. The number of benzene rings is 1. The summed E-state index contributed by atoms with van der Waals surface area (Å²) in [5, 5.41) is 13.5. The van der Waals surface area contributed by atoms with Gasteiger partial charge in [-0.05, 0) is 36.8 Å². The molecule has 3 rings (SSSR count). The monoisotopic (exact) mass is 381 g/mol. The molecule has 0 spiro atoms. The lowest BCUT2D eigenvalue weighted by molar-refractivity contribution is -0.117. The summed E-state index contributed by atoms with van der Waals surface area (Å²) in [6.45, 7) is 4.99. The Morgan fingerprint density at radius 3 is 2.88 bits per heavy atom. The Hall–Kier alpha value is -1.93. The van der Waals surface area contributed by atoms with Crippen molar-refractivity contribution in [3.05, 3.63) is 29.6 Å². The van der Waals surface area contributed by atoms with Crippen LogP contribution in [-0.4, -0.2) is 34.4 Å². The number of hydrogen-bond donors (Lipinski definition) is 3. The van der Waals surface area contributed by atoms with Crippen molar-refractivity contribution in [2.45, 2.75) is 32.7 Å². The van der Waals surface area contributed by atoms with Crippen LogP contribution in [0.25, 0.3) is 6.08 Å². The summed E-state index contributed by atoms with van der Waals surface area (Å²) in [5.41, 5.74) is 0.0764. The van der Waals surface area contributed by atoms with Crippen molar-refractivity contribution >= 4 is 28.8 Å². The van der Waals surface area contributed by atoms with E-state index in [0.717, 1.165) is 23.7 Å². The van der Waals surface area contributed by atoms with E-state index < -0.39 is 22.9 Å². The molecule has 2 heterocycles.